The van der Waals surface area contributed by atoms with Crippen LogP contribution in [-0.2, 0) is 27.9 Å². The molecule has 1 amide bonds. The lowest BCUT2D eigenvalue weighted by atomic mass is 10.2. The van der Waals surface area contributed by atoms with Gasteiger partial charge in [-0.05, 0) is 44.0 Å². The average molecular weight is 450 g/mol. The number of likely N-dealkylation sites (N-methyl/N-ethyl adjacent to an activating group) is 1. The standard InChI is InChI=1S/C20H31N7O3S/c1-15-12-16(2)27(25-15)11-5-10-22-20(24-14-19(28)26(3)4)23-13-17-6-8-18(9-7-17)31(21,29)30/h6-9,12H,5,10-11,13-14H2,1-4H3,(H2,21,29,30)(H2,22,23,24). The molecule has 0 saturated carbocycles. The normalized spacial score (nSPS) is 12.0. The fraction of sp³-hybridized carbons (Fsp3) is 0.450. The molecule has 1 heterocycles. The number of guanidine groups is 1. The number of hydrogen-bond donors (Lipinski definition) is 3. The number of hydrogen-bond acceptors (Lipinski definition) is 5. The number of nitrogens with one attached hydrogen (secondary N) is 2. The summed E-state index contributed by atoms with van der Waals surface area (Å²) in [5, 5.41) is 15.8. The number of carbonyl (C=O) groups excluding carboxylic acids is 1. The number of sulfonamides is 1. The van der Waals surface area contributed by atoms with Gasteiger partial charge in [0, 0.05) is 32.9 Å². The van der Waals surface area contributed by atoms with Gasteiger partial charge in [-0.3, -0.25) is 9.48 Å². The van der Waals surface area contributed by atoms with E-state index in [4.69, 9.17) is 5.14 Å². The molecule has 0 bridgehead atoms. The predicted octanol–water partition coefficient (Wildman–Crippen LogP) is 0.361. The molecule has 4 N–H and O–H groups in total. The predicted molar refractivity (Wildman–Crippen MR) is 120 cm³/mol. The van der Waals surface area contributed by atoms with Crippen molar-refractivity contribution >= 4 is 21.9 Å². The molecule has 0 aliphatic carbocycles. The number of primary sulfonamides is 1. The maximum absolute atomic E-state index is 11.9. The van der Waals surface area contributed by atoms with Crippen molar-refractivity contribution < 1.29 is 13.2 Å². The molecule has 0 saturated heterocycles. The van der Waals surface area contributed by atoms with Gasteiger partial charge in [0.15, 0.2) is 5.96 Å². The molecular weight excluding hydrogens is 418 g/mol. The van der Waals surface area contributed by atoms with Crippen LogP contribution < -0.4 is 15.8 Å². The molecule has 2 rings (SSSR count). The Morgan fingerprint density at radius 3 is 2.42 bits per heavy atom. The van der Waals surface area contributed by atoms with Gasteiger partial charge in [0.05, 0.1) is 23.7 Å². The zero-order valence-corrected chi connectivity index (χ0v) is 19.2. The Hall–Kier alpha value is -2.92. The largest absolute Gasteiger partial charge is 0.356 e. The molecule has 10 nitrogen and oxygen atoms in total. The Morgan fingerprint density at radius 1 is 1.19 bits per heavy atom. The summed E-state index contributed by atoms with van der Waals surface area (Å²) in [5.41, 5.74) is 2.92. The summed E-state index contributed by atoms with van der Waals surface area (Å²) < 4.78 is 24.7. The quantitative estimate of drug-likeness (QED) is 0.287. The molecule has 0 fully saturated rings. The van der Waals surface area contributed by atoms with Gasteiger partial charge < -0.3 is 15.5 Å². The van der Waals surface area contributed by atoms with Crippen LogP contribution in [-0.4, -0.2) is 62.1 Å². The van der Waals surface area contributed by atoms with Crippen LogP contribution in [0.15, 0.2) is 40.2 Å². The average Bonchev–Trinajstić information content (AvgIpc) is 3.02. The van der Waals surface area contributed by atoms with Gasteiger partial charge in [-0.1, -0.05) is 12.1 Å². The van der Waals surface area contributed by atoms with E-state index in [-0.39, 0.29) is 17.3 Å². The molecule has 170 valence electrons. The van der Waals surface area contributed by atoms with Crippen LogP contribution in [0.2, 0.25) is 0 Å². The fourth-order valence-electron chi connectivity index (χ4n) is 2.78. The molecule has 0 aliphatic heterocycles. The third-order valence-electron chi connectivity index (χ3n) is 4.52. The van der Waals surface area contributed by atoms with Gasteiger partial charge in [0.25, 0.3) is 0 Å². The van der Waals surface area contributed by atoms with Crippen molar-refractivity contribution in [1.82, 2.24) is 25.3 Å². The summed E-state index contributed by atoms with van der Waals surface area (Å²) in [7, 11) is -0.346. The topological polar surface area (TPSA) is 135 Å². The fourth-order valence-corrected chi connectivity index (χ4v) is 3.30. The van der Waals surface area contributed by atoms with Crippen molar-refractivity contribution in [3.63, 3.8) is 0 Å². The van der Waals surface area contributed by atoms with Crippen LogP contribution in [0.5, 0.6) is 0 Å². The van der Waals surface area contributed by atoms with Gasteiger partial charge in [-0.2, -0.15) is 5.10 Å². The Bertz CT molecular complexity index is 1010. The van der Waals surface area contributed by atoms with Crippen LogP contribution in [0, 0.1) is 13.8 Å². The van der Waals surface area contributed by atoms with Crippen LogP contribution in [0.3, 0.4) is 0 Å². The Labute approximate surface area is 183 Å². The number of aromatic nitrogens is 2. The first-order valence-electron chi connectivity index (χ1n) is 9.91. The molecule has 11 heteroatoms. The van der Waals surface area contributed by atoms with Gasteiger partial charge in [0.2, 0.25) is 15.9 Å². The summed E-state index contributed by atoms with van der Waals surface area (Å²) in [4.78, 5) is 18.0. The lowest BCUT2D eigenvalue weighted by Gasteiger charge is -2.15. The van der Waals surface area contributed by atoms with Gasteiger partial charge in [-0.15, -0.1) is 0 Å². The Balaban J connectivity index is 1.97. The van der Waals surface area contributed by atoms with Crippen molar-refractivity contribution in [2.24, 2.45) is 10.1 Å². The maximum atomic E-state index is 11.9. The van der Waals surface area contributed by atoms with E-state index in [1.165, 1.54) is 17.0 Å². The van der Waals surface area contributed by atoms with E-state index in [0.717, 1.165) is 29.9 Å². The molecule has 0 aliphatic rings. The minimum absolute atomic E-state index is 0.0532. The van der Waals surface area contributed by atoms with Crippen LogP contribution >= 0.6 is 0 Å². The van der Waals surface area contributed by atoms with Crippen molar-refractivity contribution in [2.45, 2.75) is 38.3 Å². The number of nitrogens with two attached hydrogens (primary N) is 1. The van der Waals surface area contributed by atoms with Gasteiger partial charge in [0.1, 0.15) is 0 Å². The maximum Gasteiger partial charge on any atom is 0.241 e. The second kappa shape index (κ2) is 10.9. The third-order valence-corrected chi connectivity index (χ3v) is 5.45. The lowest BCUT2D eigenvalue weighted by Crippen LogP contribution is -2.43. The van der Waals surface area contributed by atoms with Crippen molar-refractivity contribution in [3.05, 3.63) is 47.3 Å². The van der Waals surface area contributed by atoms with E-state index < -0.39 is 10.0 Å². The number of carbonyl (C=O) groups is 1. The van der Waals surface area contributed by atoms with Gasteiger partial charge in [-0.25, -0.2) is 18.5 Å². The number of rotatable bonds is 9. The van der Waals surface area contributed by atoms with Crippen LogP contribution in [0.1, 0.15) is 23.4 Å². The molecular formula is C20H31N7O3S. The first-order chi connectivity index (χ1) is 14.6. The van der Waals surface area contributed by atoms with Crippen molar-refractivity contribution in [1.29, 1.82) is 0 Å². The second-order valence-electron chi connectivity index (χ2n) is 7.43. The summed E-state index contributed by atoms with van der Waals surface area (Å²) in [6.45, 7) is 5.83. The summed E-state index contributed by atoms with van der Waals surface area (Å²) in [5.74, 6) is 0.425. The summed E-state index contributed by atoms with van der Waals surface area (Å²) >= 11 is 0. The highest BCUT2D eigenvalue weighted by Gasteiger charge is 2.08. The number of aryl methyl sites for hydroxylation is 3. The summed E-state index contributed by atoms with van der Waals surface area (Å²) in [6, 6.07) is 8.26. The van der Waals surface area contributed by atoms with E-state index in [0.29, 0.717) is 19.0 Å². The first kappa shape index (κ1) is 24.4. The Kier molecular flexibility index (Phi) is 8.57. The van der Waals surface area contributed by atoms with E-state index >= 15 is 0 Å². The van der Waals surface area contributed by atoms with Crippen molar-refractivity contribution in [3.8, 4) is 0 Å². The van der Waals surface area contributed by atoms with E-state index in [9.17, 15) is 13.2 Å². The number of nitrogens with zero attached hydrogens (tertiary/aromatic N) is 4. The van der Waals surface area contributed by atoms with Crippen molar-refractivity contribution in [2.75, 3.05) is 27.2 Å². The molecule has 0 spiro atoms. The Morgan fingerprint density at radius 2 is 1.87 bits per heavy atom. The van der Waals surface area contributed by atoms with Crippen LogP contribution in [0.4, 0.5) is 0 Å². The highest BCUT2D eigenvalue weighted by atomic mass is 32.2. The van der Waals surface area contributed by atoms with Crippen LogP contribution in [0.25, 0.3) is 0 Å². The lowest BCUT2D eigenvalue weighted by molar-refractivity contribution is -0.127. The molecule has 2 aromatic rings. The highest BCUT2D eigenvalue weighted by molar-refractivity contribution is 7.89. The summed E-state index contributed by atoms with van der Waals surface area (Å²) in [6.07, 6.45) is 0.827. The van der Waals surface area contributed by atoms with E-state index in [1.54, 1.807) is 26.2 Å². The second-order valence-corrected chi connectivity index (χ2v) is 8.99. The van der Waals surface area contributed by atoms with E-state index in [2.05, 4.69) is 20.7 Å². The number of benzene rings is 1. The first-order valence-corrected chi connectivity index (χ1v) is 11.5. The van der Waals surface area contributed by atoms with Gasteiger partial charge >= 0.3 is 0 Å². The highest BCUT2D eigenvalue weighted by Crippen LogP contribution is 2.09. The number of aliphatic imine (C=N–C) groups is 1. The molecule has 1 aromatic carbocycles. The monoisotopic (exact) mass is 449 g/mol. The minimum Gasteiger partial charge on any atom is -0.356 e. The minimum atomic E-state index is -3.73. The molecule has 0 unspecified atom stereocenters. The zero-order chi connectivity index (χ0) is 23.0. The zero-order valence-electron chi connectivity index (χ0n) is 18.4. The van der Waals surface area contributed by atoms with E-state index in [1.807, 2.05) is 24.6 Å². The molecule has 1 aromatic heterocycles. The SMILES string of the molecule is Cc1cc(C)n(CCCNC(=NCc2ccc(S(N)(=O)=O)cc2)NCC(=O)N(C)C)n1. The molecule has 0 atom stereocenters. The molecule has 0 radical (unpaired) electrons. The third kappa shape index (κ3) is 8.02. The number of amides is 1. The molecule has 31 heavy (non-hydrogen) atoms. The smallest absolute Gasteiger partial charge is 0.241 e.